The van der Waals surface area contributed by atoms with Gasteiger partial charge in [0, 0.05) is 13.1 Å². The van der Waals surface area contributed by atoms with Crippen molar-refractivity contribution in [2.24, 2.45) is 5.73 Å². The van der Waals surface area contributed by atoms with Gasteiger partial charge in [-0.2, -0.15) is 0 Å². The molecule has 0 unspecified atom stereocenters. The van der Waals surface area contributed by atoms with E-state index in [4.69, 9.17) is 10.5 Å². The van der Waals surface area contributed by atoms with Crippen molar-refractivity contribution in [3.63, 3.8) is 0 Å². The number of nitrogens with one attached hydrogen (secondary N) is 1. The molecule has 0 aliphatic heterocycles. The summed E-state index contributed by atoms with van der Waals surface area (Å²) in [4.78, 5) is 13.9. The first kappa shape index (κ1) is 14.4. The molecule has 0 aromatic rings. The second kappa shape index (κ2) is 6.93. The maximum atomic E-state index is 11.8. The number of hydrogen-bond donors (Lipinski definition) is 2. The summed E-state index contributed by atoms with van der Waals surface area (Å²) in [5.41, 5.74) is 5.40. The highest BCUT2D eigenvalue weighted by Gasteiger charge is 2.36. The number of carbonyl (C=O) groups excluding carboxylic acids is 1. The highest BCUT2D eigenvalue weighted by atomic mass is 16.5. The zero-order valence-electron chi connectivity index (χ0n) is 11.0. The SMILES string of the molecule is CN(C)CCOCCNC(=O)C1(N)CCCC1. The van der Waals surface area contributed by atoms with Crippen LogP contribution >= 0.6 is 0 Å². The number of carbonyl (C=O) groups is 1. The van der Waals surface area contributed by atoms with E-state index in [0.29, 0.717) is 19.8 Å². The monoisotopic (exact) mass is 243 g/mol. The lowest BCUT2D eigenvalue weighted by Crippen LogP contribution is -2.52. The zero-order chi connectivity index (χ0) is 12.7. The average molecular weight is 243 g/mol. The lowest BCUT2D eigenvalue weighted by atomic mass is 9.98. The lowest BCUT2D eigenvalue weighted by Gasteiger charge is -2.22. The molecule has 1 aliphatic carbocycles. The van der Waals surface area contributed by atoms with Crippen molar-refractivity contribution in [1.82, 2.24) is 10.2 Å². The van der Waals surface area contributed by atoms with Crippen molar-refractivity contribution in [3.8, 4) is 0 Å². The summed E-state index contributed by atoms with van der Waals surface area (Å²) in [7, 11) is 4.01. The summed E-state index contributed by atoms with van der Waals surface area (Å²) >= 11 is 0. The number of nitrogens with two attached hydrogens (primary N) is 1. The number of hydrogen-bond acceptors (Lipinski definition) is 4. The minimum Gasteiger partial charge on any atom is -0.378 e. The fourth-order valence-corrected chi connectivity index (χ4v) is 1.99. The smallest absolute Gasteiger partial charge is 0.240 e. The Hall–Kier alpha value is -0.650. The number of likely N-dealkylation sites (N-methyl/N-ethyl adjacent to an activating group) is 1. The van der Waals surface area contributed by atoms with Crippen molar-refractivity contribution in [2.75, 3.05) is 40.4 Å². The van der Waals surface area contributed by atoms with Gasteiger partial charge in [-0.3, -0.25) is 4.79 Å². The van der Waals surface area contributed by atoms with Crippen LogP contribution in [-0.4, -0.2) is 56.7 Å². The van der Waals surface area contributed by atoms with Gasteiger partial charge in [0.15, 0.2) is 0 Å². The van der Waals surface area contributed by atoms with Gasteiger partial charge in [0.1, 0.15) is 0 Å². The molecular weight excluding hydrogens is 218 g/mol. The summed E-state index contributed by atoms with van der Waals surface area (Å²) in [6.07, 6.45) is 3.73. The molecule has 0 atom stereocenters. The van der Waals surface area contributed by atoms with E-state index >= 15 is 0 Å². The van der Waals surface area contributed by atoms with Crippen LogP contribution in [0.4, 0.5) is 0 Å². The maximum Gasteiger partial charge on any atom is 0.240 e. The average Bonchev–Trinajstić information content (AvgIpc) is 2.71. The van der Waals surface area contributed by atoms with Gasteiger partial charge in [-0.15, -0.1) is 0 Å². The third-order valence-corrected chi connectivity index (χ3v) is 3.16. The van der Waals surface area contributed by atoms with Crippen LogP contribution in [0.1, 0.15) is 25.7 Å². The molecule has 0 spiro atoms. The molecule has 0 aromatic carbocycles. The Morgan fingerprint density at radius 3 is 2.59 bits per heavy atom. The van der Waals surface area contributed by atoms with E-state index in [9.17, 15) is 4.79 Å². The highest BCUT2D eigenvalue weighted by Crippen LogP contribution is 2.26. The van der Waals surface area contributed by atoms with Gasteiger partial charge >= 0.3 is 0 Å². The van der Waals surface area contributed by atoms with Crippen LogP contribution in [0, 0.1) is 0 Å². The molecule has 0 saturated heterocycles. The van der Waals surface area contributed by atoms with Crippen molar-refractivity contribution in [1.29, 1.82) is 0 Å². The van der Waals surface area contributed by atoms with E-state index in [1.54, 1.807) is 0 Å². The number of nitrogens with zero attached hydrogens (tertiary/aromatic N) is 1. The first-order valence-corrected chi connectivity index (χ1v) is 6.34. The first-order valence-electron chi connectivity index (χ1n) is 6.34. The normalized spacial score (nSPS) is 18.6. The summed E-state index contributed by atoms with van der Waals surface area (Å²) in [5, 5.41) is 2.85. The van der Waals surface area contributed by atoms with E-state index in [-0.39, 0.29) is 5.91 Å². The molecule has 0 aromatic heterocycles. The van der Waals surface area contributed by atoms with E-state index < -0.39 is 5.54 Å². The fraction of sp³-hybridized carbons (Fsp3) is 0.917. The molecule has 3 N–H and O–H groups in total. The van der Waals surface area contributed by atoms with Crippen LogP contribution in [-0.2, 0) is 9.53 Å². The predicted octanol–water partition coefficient (Wildman–Crippen LogP) is -0.0477. The van der Waals surface area contributed by atoms with E-state index in [2.05, 4.69) is 10.2 Å². The zero-order valence-corrected chi connectivity index (χ0v) is 11.0. The molecule has 1 aliphatic rings. The minimum atomic E-state index is -0.621. The Bertz CT molecular complexity index is 238. The molecule has 0 bridgehead atoms. The van der Waals surface area contributed by atoms with Crippen molar-refractivity contribution in [2.45, 2.75) is 31.2 Å². The summed E-state index contributed by atoms with van der Waals surface area (Å²) in [6, 6.07) is 0. The molecule has 1 amide bonds. The van der Waals surface area contributed by atoms with Gasteiger partial charge in [0.05, 0.1) is 18.8 Å². The topological polar surface area (TPSA) is 67.6 Å². The Balaban J connectivity index is 2.04. The van der Waals surface area contributed by atoms with Crippen molar-refractivity contribution < 1.29 is 9.53 Å². The van der Waals surface area contributed by atoms with Gasteiger partial charge in [-0.05, 0) is 26.9 Å². The summed E-state index contributed by atoms with van der Waals surface area (Å²) < 4.78 is 5.39. The van der Waals surface area contributed by atoms with E-state index in [1.165, 1.54) is 0 Å². The van der Waals surface area contributed by atoms with E-state index in [1.807, 2.05) is 14.1 Å². The van der Waals surface area contributed by atoms with Gasteiger partial charge in [-0.1, -0.05) is 12.8 Å². The van der Waals surface area contributed by atoms with Crippen LogP contribution in [0.2, 0.25) is 0 Å². The van der Waals surface area contributed by atoms with Crippen LogP contribution in [0.25, 0.3) is 0 Å². The van der Waals surface area contributed by atoms with Gasteiger partial charge in [-0.25, -0.2) is 0 Å². The molecule has 1 saturated carbocycles. The molecule has 0 heterocycles. The number of rotatable bonds is 7. The summed E-state index contributed by atoms with van der Waals surface area (Å²) in [6.45, 7) is 2.69. The Morgan fingerprint density at radius 1 is 1.35 bits per heavy atom. The number of amides is 1. The van der Waals surface area contributed by atoms with Crippen LogP contribution < -0.4 is 11.1 Å². The van der Waals surface area contributed by atoms with Gasteiger partial charge in [0.25, 0.3) is 0 Å². The minimum absolute atomic E-state index is 0.0220. The molecule has 0 radical (unpaired) electrons. The van der Waals surface area contributed by atoms with E-state index in [0.717, 1.165) is 32.2 Å². The van der Waals surface area contributed by atoms with Crippen LogP contribution in [0.3, 0.4) is 0 Å². The molecular formula is C12H25N3O2. The second-order valence-electron chi connectivity index (χ2n) is 5.03. The quantitative estimate of drug-likeness (QED) is 0.615. The predicted molar refractivity (Wildman–Crippen MR) is 67.8 cm³/mol. The Labute approximate surface area is 104 Å². The lowest BCUT2D eigenvalue weighted by molar-refractivity contribution is -0.126. The molecule has 17 heavy (non-hydrogen) atoms. The molecule has 1 rings (SSSR count). The second-order valence-corrected chi connectivity index (χ2v) is 5.03. The van der Waals surface area contributed by atoms with Gasteiger partial charge < -0.3 is 20.7 Å². The molecule has 100 valence electrons. The Kier molecular flexibility index (Phi) is 5.88. The molecule has 5 nitrogen and oxygen atoms in total. The van der Waals surface area contributed by atoms with Crippen LogP contribution in [0.15, 0.2) is 0 Å². The van der Waals surface area contributed by atoms with Gasteiger partial charge in [0.2, 0.25) is 5.91 Å². The highest BCUT2D eigenvalue weighted by molar-refractivity contribution is 5.86. The third-order valence-electron chi connectivity index (χ3n) is 3.16. The van der Waals surface area contributed by atoms with Crippen molar-refractivity contribution >= 4 is 5.91 Å². The first-order chi connectivity index (χ1) is 8.04. The summed E-state index contributed by atoms with van der Waals surface area (Å²) in [5.74, 6) is -0.0220. The third kappa shape index (κ3) is 5.02. The maximum absolute atomic E-state index is 11.8. The largest absolute Gasteiger partial charge is 0.378 e. The van der Waals surface area contributed by atoms with Crippen molar-refractivity contribution in [3.05, 3.63) is 0 Å². The fourth-order valence-electron chi connectivity index (χ4n) is 1.99. The molecule has 1 fully saturated rings. The standard InChI is InChI=1S/C12H25N3O2/c1-15(2)8-10-17-9-7-14-11(16)12(13)5-3-4-6-12/h3-10,13H2,1-2H3,(H,14,16). The Morgan fingerprint density at radius 2 is 2.00 bits per heavy atom. The molecule has 5 heteroatoms. The van der Waals surface area contributed by atoms with Crippen LogP contribution in [0.5, 0.6) is 0 Å². The number of ether oxygens (including phenoxy) is 1.